The molecule has 0 aromatic rings. The predicted octanol–water partition coefficient (Wildman–Crippen LogP) is 0.233. The molecule has 11 N–H and O–H groups in total. The van der Waals surface area contributed by atoms with Gasteiger partial charge in [0.25, 0.3) is 0 Å². The van der Waals surface area contributed by atoms with E-state index in [1.165, 1.54) is 5.57 Å². The van der Waals surface area contributed by atoms with Crippen LogP contribution in [0.4, 0.5) is 0 Å². The Morgan fingerprint density at radius 1 is 0.642 bits per heavy atom. The Balaban J connectivity index is 1.03. The molecule has 3 saturated heterocycles. The molecule has 3 aliphatic heterocycles. The number of aliphatic hydroxyl groups is 10. The molecule has 0 amide bonds. The van der Waals surface area contributed by atoms with Crippen LogP contribution in [-0.4, -0.2) is 180 Å². The zero-order chi connectivity index (χ0) is 49.1. The number of fused-ring (bicyclic) bond motifs is 7. The van der Waals surface area contributed by atoms with E-state index in [2.05, 4.69) is 54.5 Å². The second kappa shape index (κ2) is 18.0. The number of rotatable bonds is 9. The highest BCUT2D eigenvalue weighted by molar-refractivity contribution is 5.79. The van der Waals surface area contributed by atoms with Gasteiger partial charge < -0.3 is 84.6 Å². The van der Waals surface area contributed by atoms with Crippen molar-refractivity contribution in [1.82, 2.24) is 0 Å². The van der Waals surface area contributed by atoms with E-state index in [0.29, 0.717) is 25.7 Å². The number of carboxylic acid groups (broad SMARTS) is 1. The first kappa shape index (κ1) is 51.4. The highest BCUT2D eigenvalue weighted by Crippen LogP contribution is 2.76. The lowest BCUT2D eigenvalue weighted by molar-refractivity contribution is -0.365. The van der Waals surface area contributed by atoms with Gasteiger partial charge in [0.2, 0.25) is 6.29 Å². The Morgan fingerprint density at radius 3 is 1.84 bits per heavy atom. The predicted molar refractivity (Wildman–Crippen MR) is 231 cm³/mol. The average Bonchev–Trinajstić information content (AvgIpc) is 3.26. The molecule has 23 atom stereocenters. The summed E-state index contributed by atoms with van der Waals surface area (Å²) < 4.78 is 35.2. The third kappa shape index (κ3) is 8.06. The molecule has 0 unspecified atom stereocenters. The first-order valence-electron chi connectivity index (χ1n) is 24.3. The molecule has 8 rings (SSSR count). The first-order valence-corrected chi connectivity index (χ1v) is 24.3. The maximum atomic E-state index is 14.7. The molecule has 0 spiro atoms. The zero-order valence-corrected chi connectivity index (χ0v) is 39.7. The summed E-state index contributed by atoms with van der Waals surface area (Å²) in [6.45, 7) is 14.4. The van der Waals surface area contributed by atoms with E-state index in [1.807, 2.05) is 0 Å². The Labute approximate surface area is 391 Å². The molecule has 5 aliphatic carbocycles. The van der Waals surface area contributed by atoms with Gasteiger partial charge in [0, 0.05) is 0 Å². The second-order valence-electron chi connectivity index (χ2n) is 23.5. The van der Waals surface area contributed by atoms with E-state index in [9.17, 15) is 65.8 Å². The number of hydrogen-bond donors (Lipinski definition) is 11. The summed E-state index contributed by atoms with van der Waals surface area (Å²) >= 11 is 0. The fourth-order valence-corrected chi connectivity index (χ4v) is 15.0. The van der Waals surface area contributed by atoms with Gasteiger partial charge in [0.05, 0.1) is 24.7 Å². The van der Waals surface area contributed by atoms with Crippen LogP contribution in [0.25, 0.3) is 0 Å². The van der Waals surface area contributed by atoms with Crippen LogP contribution >= 0.6 is 0 Å². The molecule has 19 heteroatoms. The van der Waals surface area contributed by atoms with Crippen molar-refractivity contribution in [2.45, 2.75) is 211 Å². The minimum absolute atomic E-state index is 0.0786. The molecule has 3 heterocycles. The number of esters is 1. The smallest absolute Gasteiger partial charge is 0.335 e. The van der Waals surface area contributed by atoms with Crippen LogP contribution in [-0.2, 0) is 38.0 Å². The van der Waals surface area contributed by atoms with Crippen molar-refractivity contribution in [3.8, 4) is 0 Å². The fourth-order valence-electron chi connectivity index (χ4n) is 15.0. The Bertz CT molecular complexity index is 1870. The largest absolute Gasteiger partial charge is 0.479 e. The molecular weight excluding hydrogens is 881 g/mol. The lowest BCUT2D eigenvalue weighted by Crippen LogP contribution is -2.67. The number of hydrogen-bond acceptors (Lipinski definition) is 18. The van der Waals surface area contributed by atoms with E-state index in [-0.39, 0.29) is 39.4 Å². The van der Waals surface area contributed by atoms with Crippen molar-refractivity contribution in [3.63, 3.8) is 0 Å². The van der Waals surface area contributed by atoms with E-state index < -0.39 is 134 Å². The summed E-state index contributed by atoms with van der Waals surface area (Å²) in [7, 11) is 0. The number of allylic oxidation sites excluding steroid dienone is 2. The second-order valence-corrected chi connectivity index (χ2v) is 23.5. The maximum Gasteiger partial charge on any atom is 0.335 e. The number of carbonyl (C=O) groups excluding carboxylic acids is 1. The van der Waals surface area contributed by atoms with Gasteiger partial charge in [0.15, 0.2) is 18.7 Å². The van der Waals surface area contributed by atoms with E-state index in [0.717, 1.165) is 38.5 Å². The first-order chi connectivity index (χ1) is 31.2. The molecule has 19 nitrogen and oxygen atoms in total. The van der Waals surface area contributed by atoms with Gasteiger partial charge >= 0.3 is 11.9 Å². The van der Waals surface area contributed by atoms with Gasteiger partial charge in [-0.15, -0.1) is 0 Å². The molecule has 4 saturated carbocycles. The molecule has 0 bridgehead atoms. The number of carbonyl (C=O) groups is 2. The highest BCUT2D eigenvalue weighted by atomic mass is 16.7. The lowest BCUT2D eigenvalue weighted by Gasteiger charge is -2.71. The average molecular weight is 957 g/mol. The molecule has 67 heavy (non-hydrogen) atoms. The Morgan fingerprint density at radius 2 is 1.22 bits per heavy atom. The van der Waals surface area contributed by atoms with Crippen LogP contribution in [0.1, 0.15) is 113 Å². The van der Waals surface area contributed by atoms with Crippen molar-refractivity contribution < 1.29 is 94.2 Å². The van der Waals surface area contributed by atoms with Crippen LogP contribution in [0, 0.1) is 50.2 Å². The fraction of sp³-hybridized carbons (Fsp3) is 0.917. The summed E-state index contributed by atoms with van der Waals surface area (Å²) in [5.74, 6) is -1.91. The van der Waals surface area contributed by atoms with Crippen molar-refractivity contribution >= 4 is 11.9 Å². The molecule has 0 aromatic heterocycles. The Hall–Kier alpha value is -1.92. The summed E-state index contributed by atoms with van der Waals surface area (Å²) in [5.41, 5.74) is -0.975. The van der Waals surface area contributed by atoms with Gasteiger partial charge in [-0.05, 0) is 109 Å². The minimum Gasteiger partial charge on any atom is -0.479 e. The molecule has 0 aromatic carbocycles. The number of aliphatic hydroxyl groups excluding tert-OH is 10. The summed E-state index contributed by atoms with van der Waals surface area (Å²) in [5, 5.41) is 115. The van der Waals surface area contributed by atoms with E-state index in [4.69, 9.17) is 28.4 Å². The summed E-state index contributed by atoms with van der Waals surface area (Å²) in [4.78, 5) is 27.1. The standard InChI is InChI=1S/C48H76O19/c1-43(2)14-16-48(42(61)67-40-33(56)31(54)29(52)24(20-50)63-40)17-15-46(6)21(22(48)18-43)8-9-26-45(5)12-11-27(44(3,4)25(45)10-13-47(26,46)7)64-41-35(58)36(34(57)37(66-41)38(59)60)65-39-32(55)30(53)28(51)23(19-49)62-39/h8,22-37,39-41,49-58H,9-20H2,1-7H3,(H,59,60)/t22-,23+,24+,25-,26+,27-,28-,29+,30-,31-,32+,33+,34-,35+,36-,37-,39-,40-,41+,45-,46+,47+,48-/m0/s1. The van der Waals surface area contributed by atoms with Gasteiger partial charge in [0.1, 0.15) is 67.1 Å². The molecule has 7 fully saturated rings. The Kier molecular flexibility index (Phi) is 13.8. The number of carboxylic acids is 1. The van der Waals surface area contributed by atoms with Crippen LogP contribution in [0.5, 0.6) is 0 Å². The van der Waals surface area contributed by atoms with Crippen molar-refractivity contribution in [1.29, 1.82) is 0 Å². The van der Waals surface area contributed by atoms with E-state index >= 15 is 0 Å². The maximum absolute atomic E-state index is 14.7. The third-order valence-electron chi connectivity index (χ3n) is 19.3. The van der Waals surface area contributed by atoms with Crippen molar-refractivity contribution in [2.75, 3.05) is 13.2 Å². The van der Waals surface area contributed by atoms with Crippen LogP contribution in [0.3, 0.4) is 0 Å². The SMILES string of the molecule is CC1(C)CC[C@]2(C(=O)O[C@@H]3O[C@H](CO)[C@@H](O)[C@H](O)[C@H]3O)CC[C@]3(C)C(=CC[C@@H]4[C@@]5(C)CC[C@H](O[C@@H]6O[C@H](C(=O)O)[C@@H](O)[C@H](O[C@@H]7O[C@H](CO)[C@H](O)[C@H](O)[C@H]7O)[C@H]6O)C(C)(C)[C@@H]5CC[C@]43C)[C@@H]2C1. The monoisotopic (exact) mass is 956 g/mol. The van der Waals surface area contributed by atoms with Crippen molar-refractivity contribution in [2.24, 2.45) is 50.2 Å². The quantitative estimate of drug-likeness (QED) is 0.0838. The normalized spacial score (nSPS) is 52.6. The lowest BCUT2D eigenvalue weighted by atomic mass is 9.33. The van der Waals surface area contributed by atoms with Crippen LogP contribution in [0.2, 0.25) is 0 Å². The number of aliphatic carboxylic acids is 1. The molecule has 382 valence electrons. The topological polar surface area (TPSA) is 312 Å². The van der Waals surface area contributed by atoms with Gasteiger partial charge in [-0.1, -0.05) is 60.1 Å². The van der Waals surface area contributed by atoms with Crippen LogP contribution in [0.15, 0.2) is 11.6 Å². The third-order valence-corrected chi connectivity index (χ3v) is 19.3. The van der Waals surface area contributed by atoms with Crippen molar-refractivity contribution in [3.05, 3.63) is 11.6 Å². The molecule has 8 aliphatic rings. The minimum atomic E-state index is -1.97. The number of ether oxygens (including phenoxy) is 6. The van der Waals surface area contributed by atoms with Gasteiger partial charge in [-0.2, -0.15) is 0 Å². The van der Waals surface area contributed by atoms with Crippen LogP contribution < -0.4 is 0 Å². The zero-order valence-electron chi connectivity index (χ0n) is 39.7. The highest BCUT2D eigenvalue weighted by Gasteiger charge is 2.70. The summed E-state index contributed by atoms with van der Waals surface area (Å²) in [6, 6.07) is 0. The van der Waals surface area contributed by atoms with Gasteiger partial charge in [-0.3, -0.25) is 4.79 Å². The van der Waals surface area contributed by atoms with E-state index in [1.54, 1.807) is 0 Å². The molecular formula is C48H76O19. The molecule has 0 radical (unpaired) electrons. The summed E-state index contributed by atoms with van der Waals surface area (Å²) in [6.07, 6.45) is -16.4. The van der Waals surface area contributed by atoms with Gasteiger partial charge in [-0.25, -0.2) is 4.79 Å².